The summed E-state index contributed by atoms with van der Waals surface area (Å²) in [5.41, 5.74) is 1.20. The zero-order chi connectivity index (χ0) is 18.5. The first-order valence-electron chi connectivity index (χ1n) is 9.51. The number of hydrogen-bond acceptors (Lipinski definition) is 4. The van der Waals surface area contributed by atoms with Gasteiger partial charge in [0.15, 0.2) is 5.96 Å². The van der Waals surface area contributed by atoms with Crippen LogP contribution >= 0.6 is 0 Å². The van der Waals surface area contributed by atoms with Crippen molar-refractivity contribution in [2.75, 3.05) is 53.6 Å². The summed E-state index contributed by atoms with van der Waals surface area (Å²) in [5, 5.41) is 3.39. The van der Waals surface area contributed by atoms with E-state index < -0.39 is 0 Å². The van der Waals surface area contributed by atoms with Crippen molar-refractivity contribution in [3.8, 4) is 0 Å². The number of methoxy groups -OCH3 is 1. The number of aliphatic imine (C=N–C) groups is 1. The van der Waals surface area contributed by atoms with Crippen LogP contribution in [0.2, 0.25) is 0 Å². The minimum atomic E-state index is 0.357. The molecule has 1 aliphatic rings. The summed E-state index contributed by atoms with van der Waals surface area (Å²) in [6.07, 6.45) is 3.40. The zero-order valence-corrected chi connectivity index (χ0v) is 16.2. The third kappa shape index (κ3) is 7.72. The normalized spacial score (nSPS) is 16.1. The smallest absolute Gasteiger partial charge is 0.193 e. The highest BCUT2D eigenvalue weighted by Gasteiger charge is 2.21. The largest absolute Gasteiger partial charge is 0.385 e. The summed E-state index contributed by atoms with van der Waals surface area (Å²) in [4.78, 5) is 6.70. The van der Waals surface area contributed by atoms with Crippen LogP contribution < -0.4 is 5.32 Å². The highest BCUT2D eigenvalue weighted by Crippen LogP contribution is 2.14. The van der Waals surface area contributed by atoms with Crippen LogP contribution in [0.4, 0.5) is 0 Å². The number of ether oxygens (including phenoxy) is 3. The van der Waals surface area contributed by atoms with Crippen LogP contribution in [-0.4, -0.2) is 70.6 Å². The summed E-state index contributed by atoms with van der Waals surface area (Å²) in [6.45, 7) is 5.55. The van der Waals surface area contributed by atoms with Gasteiger partial charge in [-0.05, 0) is 24.8 Å². The molecule has 1 aromatic rings. The van der Waals surface area contributed by atoms with Crippen molar-refractivity contribution in [2.45, 2.75) is 32.0 Å². The summed E-state index contributed by atoms with van der Waals surface area (Å²) in [7, 11) is 3.56. The van der Waals surface area contributed by atoms with Gasteiger partial charge in [-0.25, -0.2) is 0 Å². The van der Waals surface area contributed by atoms with Gasteiger partial charge in [-0.1, -0.05) is 30.3 Å². The number of rotatable bonds is 10. The van der Waals surface area contributed by atoms with Gasteiger partial charge >= 0.3 is 0 Å². The average Bonchev–Trinajstić information content (AvgIpc) is 2.69. The Labute approximate surface area is 157 Å². The summed E-state index contributed by atoms with van der Waals surface area (Å²) < 4.78 is 16.7. The minimum absolute atomic E-state index is 0.357. The fourth-order valence-corrected chi connectivity index (χ4v) is 3.02. The number of piperidine rings is 1. The second-order valence-corrected chi connectivity index (χ2v) is 6.42. The van der Waals surface area contributed by atoms with Crippen molar-refractivity contribution in [1.29, 1.82) is 0 Å². The van der Waals surface area contributed by atoms with Crippen LogP contribution in [-0.2, 0) is 20.8 Å². The predicted octanol–water partition coefficient (Wildman–Crippen LogP) is 2.30. The van der Waals surface area contributed by atoms with Gasteiger partial charge < -0.3 is 24.4 Å². The SMILES string of the molecule is CN=C(NCCOCc1ccccc1)N1CCC(OCCCOC)CC1. The second kappa shape index (κ2) is 12.7. The Bertz CT molecular complexity index is 502. The van der Waals surface area contributed by atoms with Crippen LogP contribution in [0.3, 0.4) is 0 Å². The number of benzene rings is 1. The molecule has 146 valence electrons. The monoisotopic (exact) mass is 363 g/mol. The molecular weight excluding hydrogens is 330 g/mol. The minimum Gasteiger partial charge on any atom is -0.385 e. The fourth-order valence-electron chi connectivity index (χ4n) is 3.02. The van der Waals surface area contributed by atoms with Crippen molar-refractivity contribution < 1.29 is 14.2 Å². The molecule has 0 amide bonds. The molecule has 2 rings (SSSR count). The van der Waals surface area contributed by atoms with Gasteiger partial charge in [0.1, 0.15) is 0 Å². The van der Waals surface area contributed by atoms with Gasteiger partial charge in [0, 0.05) is 47.0 Å². The summed E-state index contributed by atoms with van der Waals surface area (Å²) in [6, 6.07) is 10.2. The number of likely N-dealkylation sites (tertiary alicyclic amines) is 1. The molecule has 0 bridgehead atoms. The van der Waals surface area contributed by atoms with Crippen molar-refractivity contribution in [3.05, 3.63) is 35.9 Å². The van der Waals surface area contributed by atoms with Gasteiger partial charge in [-0.15, -0.1) is 0 Å². The molecule has 6 nitrogen and oxygen atoms in total. The van der Waals surface area contributed by atoms with Crippen LogP contribution in [0.15, 0.2) is 35.3 Å². The lowest BCUT2D eigenvalue weighted by Crippen LogP contribution is -2.47. The van der Waals surface area contributed by atoms with Crippen molar-refractivity contribution in [2.24, 2.45) is 4.99 Å². The van der Waals surface area contributed by atoms with Crippen LogP contribution in [0.25, 0.3) is 0 Å². The van der Waals surface area contributed by atoms with Gasteiger partial charge in [-0.3, -0.25) is 4.99 Å². The Morgan fingerprint density at radius 1 is 1.15 bits per heavy atom. The lowest BCUT2D eigenvalue weighted by atomic mass is 10.1. The molecule has 1 aliphatic heterocycles. The molecular formula is C20H33N3O3. The summed E-state index contributed by atoms with van der Waals surface area (Å²) >= 11 is 0. The number of hydrogen-bond donors (Lipinski definition) is 1. The molecule has 6 heteroatoms. The molecule has 1 aromatic carbocycles. The maximum Gasteiger partial charge on any atom is 0.193 e. The first-order chi connectivity index (χ1) is 12.8. The molecule has 0 atom stereocenters. The molecule has 0 aromatic heterocycles. The van der Waals surface area contributed by atoms with Crippen LogP contribution in [0.5, 0.6) is 0 Å². The predicted molar refractivity (Wildman–Crippen MR) is 104 cm³/mol. The topological polar surface area (TPSA) is 55.3 Å². The molecule has 1 N–H and O–H groups in total. The van der Waals surface area contributed by atoms with E-state index in [0.29, 0.717) is 19.3 Å². The van der Waals surface area contributed by atoms with E-state index in [4.69, 9.17) is 14.2 Å². The number of nitrogens with zero attached hydrogens (tertiary/aromatic N) is 2. The van der Waals surface area contributed by atoms with E-state index >= 15 is 0 Å². The Balaban J connectivity index is 1.57. The Hall–Kier alpha value is -1.63. The van der Waals surface area contributed by atoms with E-state index in [1.54, 1.807) is 7.11 Å². The first-order valence-corrected chi connectivity index (χ1v) is 9.51. The van der Waals surface area contributed by atoms with Crippen LogP contribution in [0.1, 0.15) is 24.8 Å². The molecule has 0 radical (unpaired) electrons. The zero-order valence-electron chi connectivity index (χ0n) is 16.2. The molecule has 26 heavy (non-hydrogen) atoms. The molecule has 1 heterocycles. The van der Waals surface area contributed by atoms with Gasteiger partial charge in [0.05, 0.1) is 19.3 Å². The van der Waals surface area contributed by atoms with Gasteiger partial charge in [0.25, 0.3) is 0 Å². The quantitative estimate of drug-likeness (QED) is 0.393. The van der Waals surface area contributed by atoms with E-state index in [2.05, 4.69) is 27.3 Å². The van der Waals surface area contributed by atoms with E-state index in [1.165, 1.54) is 5.56 Å². The molecule has 0 saturated carbocycles. The molecule has 0 unspecified atom stereocenters. The third-order valence-electron chi connectivity index (χ3n) is 4.44. The Morgan fingerprint density at radius 2 is 1.92 bits per heavy atom. The van der Waals surface area contributed by atoms with E-state index in [9.17, 15) is 0 Å². The standard InChI is InChI=1S/C20H33N3O3/c1-21-20(22-11-16-25-17-18-7-4-3-5-8-18)23-12-9-19(10-13-23)26-15-6-14-24-2/h3-5,7-8,19H,6,9-17H2,1-2H3,(H,21,22). The van der Waals surface area contributed by atoms with Gasteiger partial charge in [0.2, 0.25) is 0 Å². The van der Waals surface area contributed by atoms with Gasteiger partial charge in [-0.2, -0.15) is 0 Å². The van der Waals surface area contributed by atoms with E-state index in [1.807, 2.05) is 25.2 Å². The van der Waals surface area contributed by atoms with Crippen molar-refractivity contribution in [3.63, 3.8) is 0 Å². The number of guanidine groups is 1. The maximum absolute atomic E-state index is 5.91. The lowest BCUT2D eigenvalue weighted by molar-refractivity contribution is 0.00983. The van der Waals surface area contributed by atoms with Crippen LogP contribution in [0, 0.1) is 0 Å². The maximum atomic E-state index is 5.91. The lowest BCUT2D eigenvalue weighted by Gasteiger charge is -2.34. The van der Waals surface area contributed by atoms with E-state index in [-0.39, 0.29) is 0 Å². The Kier molecular flexibility index (Phi) is 10.1. The highest BCUT2D eigenvalue weighted by atomic mass is 16.5. The average molecular weight is 364 g/mol. The molecule has 0 spiro atoms. The van der Waals surface area contributed by atoms with E-state index in [0.717, 1.165) is 58.1 Å². The second-order valence-electron chi connectivity index (χ2n) is 6.42. The fraction of sp³-hybridized carbons (Fsp3) is 0.650. The first kappa shape index (κ1) is 20.7. The molecule has 0 aliphatic carbocycles. The third-order valence-corrected chi connectivity index (χ3v) is 4.44. The Morgan fingerprint density at radius 3 is 2.62 bits per heavy atom. The van der Waals surface area contributed by atoms with Crippen molar-refractivity contribution in [1.82, 2.24) is 10.2 Å². The van der Waals surface area contributed by atoms with Crippen molar-refractivity contribution >= 4 is 5.96 Å². The highest BCUT2D eigenvalue weighted by molar-refractivity contribution is 5.79. The number of nitrogens with one attached hydrogen (secondary N) is 1. The molecule has 1 saturated heterocycles. The summed E-state index contributed by atoms with van der Waals surface area (Å²) in [5.74, 6) is 0.950. The molecule has 1 fully saturated rings.